The second-order valence-electron chi connectivity index (χ2n) is 5.06. The van der Waals surface area contributed by atoms with Gasteiger partial charge in [-0.15, -0.1) is 0 Å². The van der Waals surface area contributed by atoms with Gasteiger partial charge < -0.3 is 15.5 Å². The van der Waals surface area contributed by atoms with Crippen molar-refractivity contribution in [2.24, 2.45) is 11.7 Å². The van der Waals surface area contributed by atoms with E-state index in [0.29, 0.717) is 18.0 Å². The molecule has 1 heterocycles. The van der Waals surface area contributed by atoms with Gasteiger partial charge in [-0.05, 0) is 24.8 Å². The molecule has 0 aromatic carbocycles. The highest BCUT2D eigenvalue weighted by Crippen LogP contribution is 2.26. The lowest BCUT2D eigenvalue weighted by atomic mass is 9.84. The lowest BCUT2D eigenvalue weighted by Crippen LogP contribution is -2.45. The standard InChI is InChI=1S/C14H20N2O3/c15-8-12(10-4-2-1-3-5-10)16-14(18)11-6-7-13(17)19-9-11/h6-7,9-10,12H,1-5,8,15H2,(H,16,18). The van der Waals surface area contributed by atoms with Crippen molar-refractivity contribution >= 4 is 5.91 Å². The molecule has 0 saturated heterocycles. The van der Waals surface area contributed by atoms with Crippen molar-refractivity contribution in [3.63, 3.8) is 0 Å². The minimum Gasteiger partial charge on any atom is -0.430 e. The summed E-state index contributed by atoms with van der Waals surface area (Å²) >= 11 is 0. The fourth-order valence-corrected chi connectivity index (χ4v) is 2.64. The molecular formula is C14H20N2O3. The second-order valence-corrected chi connectivity index (χ2v) is 5.06. The van der Waals surface area contributed by atoms with Gasteiger partial charge in [0.2, 0.25) is 0 Å². The molecule has 1 atom stereocenters. The van der Waals surface area contributed by atoms with Crippen LogP contribution in [0.25, 0.3) is 0 Å². The maximum Gasteiger partial charge on any atom is 0.335 e. The van der Waals surface area contributed by atoms with E-state index in [1.807, 2.05) is 0 Å². The number of carbonyl (C=O) groups excluding carboxylic acids is 1. The van der Waals surface area contributed by atoms with Gasteiger partial charge in [0.1, 0.15) is 6.26 Å². The number of nitrogens with two attached hydrogens (primary N) is 1. The first-order valence-corrected chi connectivity index (χ1v) is 6.80. The molecule has 19 heavy (non-hydrogen) atoms. The largest absolute Gasteiger partial charge is 0.430 e. The first kappa shape index (κ1) is 13.8. The van der Waals surface area contributed by atoms with E-state index in [9.17, 15) is 9.59 Å². The number of hydrogen-bond acceptors (Lipinski definition) is 4. The van der Waals surface area contributed by atoms with E-state index in [1.165, 1.54) is 37.7 Å². The minimum atomic E-state index is -0.459. The smallest absolute Gasteiger partial charge is 0.335 e. The molecule has 0 bridgehead atoms. The summed E-state index contributed by atoms with van der Waals surface area (Å²) in [7, 11) is 0. The molecule has 1 aromatic heterocycles. The van der Waals surface area contributed by atoms with E-state index < -0.39 is 5.63 Å². The summed E-state index contributed by atoms with van der Waals surface area (Å²) in [6.45, 7) is 0.438. The molecule has 0 radical (unpaired) electrons. The second kappa shape index (κ2) is 6.52. The van der Waals surface area contributed by atoms with Crippen LogP contribution in [-0.4, -0.2) is 18.5 Å². The van der Waals surface area contributed by atoms with Gasteiger partial charge in [0.25, 0.3) is 5.91 Å². The van der Waals surface area contributed by atoms with Crippen molar-refractivity contribution in [3.8, 4) is 0 Å². The van der Waals surface area contributed by atoms with E-state index in [0.717, 1.165) is 12.8 Å². The van der Waals surface area contributed by atoms with Crippen molar-refractivity contribution in [1.29, 1.82) is 0 Å². The Labute approximate surface area is 112 Å². The predicted molar refractivity (Wildman–Crippen MR) is 71.9 cm³/mol. The molecule has 1 aromatic rings. The van der Waals surface area contributed by atoms with E-state index in [-0.39, 0.29) is 11.9 Å². The van der Waals surface area contributed by atoms with Crippen LogP contribution in [0.1, 0.15) is 42.5 Å². The highest BCUT2D eigenvalue weighted by atomic mass is 16.4. The van der Waals surface area contributed by atoms with Crippen molar-refractivity contribution in [2.75, 3.05) is 6.54 Å². The van der Waals surface area contributed by atoms with Crippen LogP contribution in [0.15, 0.2) is 27.6 Å². The van der Waals surface area contributed by atoms with Crippen LogP contribution in [0, 0.1) is 5.92 Å². The van der Waals surface area contributed by atoms with Crippen molar-refractivity contribution in [2.45, 2.75) is 38.1 Å². The molecular weight excluding hydrogens is 244 g/mol. The van der Waals surface area contributed by atoms with E-state index in [2.05, 4.69) is 5.32 Å². The van der Waals surface area contributed by atoms with Gasteiger partial charge in [-0.3, -0.25) is 4.79 Å². The molecule has 0 aliphatic heterocycles. The van der Waals surface area contributed by atoms with Crippen LogP contribution >= 0.6 is 0 Å². The van der Waals surface area contributed by atoms with E-state index >= 15 is 0 Å². The Hall–Kier alpha value is -1.62. The molecule has 5 heteroatoms. The number of rotatable bonds is 4. The Bertz CT molecular complexity index is 457. The van der Waals surface area contributed by atoms with Gasteiger partial charge in [0.15, 0.2) is 0 Å². The SMILES string of the molecule is NCC(NC(=O)c1ccc(=O)oc1)C1CCCCC1. The van der Waals surface area contributed by atoms with Crippen molar-refractivity contribution < 1.29 is 9.21 Å². The summed E-state index contributed by atoms with van der Waals surface area (Å²) in [5.41, 5.74) is 5.66. The topological polar surface area (TPSA) is 85.3 Å². The summed E-state index contributed by atoms with van der Waals surface area (Å²) < 4.78 is 4.69. The molecule has 2 rings (SSSR count). The Morgan fingerprint density at radius 1 is 1.37 bits per heavy atom. The molecule has 1 aliphatic carbocycles. The molecule has 1 unspecified atom stereocenters. The third kappa shape index (κ3) is 3.67. The molecule has 1 amide bonds. The Morgan fingerprint density at radius 2 is 2.11 bits per heavy atom. The summed E-state index contributed by atoms with van der Waals surface area (Å²) in [6.07, 6.45) is 7.10. The van der Waals surface area contributed by atoms with Gasteiger partial charge >= 0.3 is 5.63 Å². The van der Waals surface area contributed by atoms with E-state index in [4.69, 9.17) is 10.2 Å². The van der Waals surface area contributed by atoms with Crippen LogP contribution in [0.5, 0.6) is 0 Å². The fraction of sp³-hybridized carbons (Fsp3) is 0.571. The van der Waals surface area contributed by atoms with Crippen LogP contribution in [-0.2, 0) is 0 Å². The lowest BCUT2D eigenvalue weighted by Gasteiger charge is -2.30. The fourth-order valence-electron chi connectivity index (χ4n) is 2.64. The number of hydrogen-bond donors (Lipinski definition) is 2. The normalized spacial score (nSPS) is 17.9. The van der Waals surface area contributed by atoms with Crippen molar-refractivity contribution in [1.82, 2.24) is 5.32 Å². The number of nitrogens with one attached hydrogen (secondary N) is 1. The maximum atomic E-state index is 12.0. The Kier molecular flexibility index (Phi) is 4.74. The minimum absolute atomic E-state index is 0.000252. The molecule has 3 N–H and O–H groups in total. The van der Waals surface area contributed by atoms with Gasteiger partial charge in [-0.1, -0.05) is 19.3 Å². The number of carbonyl (C=O) groups is 1. The van der Waals surface area contributed by atoms with E-state index in [1.54, 1.807) is 0 Å². The van der Waals surface area contributed by atoms with Crippen LogP contribution in [0.4, 0.5) is 0 Å². The Morgan fingerprint density at radius 3 is 2.68 bits per heavy atom. The molecule has 1 aliphatic rings. The third-order valence-corrected chi connectivity index (χ3v) is 3.75. The molecule has 0 spiro atoms. The zero-order valence-electron chi connectivity index (χ0n) is 10.9. The monoisotopic (exact) mass is 264 g/mol. The quantitative estimate of drug-likeness (QED) is 0.857. The highest BCUT2D eigenvalue weighted by molar-refractivity contribution is 5.93. The summed E-state index contributed by atoms with van der Waals surface area (Å²) in [5.74, 6) is 0.225. The van der Waals surface area contributed by atoms with Gasteiger partial charge in [-0.25, -0.2) is 4.79 Å². The van der Waals surface area contributed by atoms with Crippen molar-refractivity contribution in [3.05, 3.63) is 34.4 Å². The average molecular weight is 264 g/mol. The van der Waals surface area contributed by atoms with Gasteiger partial charge in [0.05, 0.1) is 5.56 Å². The molecule has 104 valence electrons. The predicted octanol–water partition coefficient (Wildman–Crippen LogP) is 1.28. The van der Waals surface area contributed by atoms with Crippen LogP contribution < -0.4 is 16.7 Å². The average Bonchev–Trinajstić information content (AvgIpc) is 2.46. The molecule has 1 fully saturated rings. The molecule has 5 nitrogen and oxygen atoms in total. The highest BCUT2D eigenvalue weighted by Gasteiger charge is 2.24. The third-order valence-electron chi connectivity index (χ3n) is 3.75. The number of amides is 1. The zero-order chi connectivity index (χ0) is 13.7. The lowest BCUT2D eigenvalue weighted by molar-refractivity contribution is 0.0913. The first-order valence-electron chi connectivity index (χ1n) is 6.80. The first-order chi connectivity index (χ1) is 9.20. The summed E-state index contributed by atoms with van der Waals surface area (Å²) in [4.78, 5) is 22.9. The molecule has 1 saturated carbocycles. The summed E-state index contributed by atoms with van der Waals surface area (Å²) in [6, 6.07) is 2.71. The van der Waals surface area contributed by atoms with Gasteiger partial charge in [0, 0.05) is 18.7 Å². The zero-order valence-corrected chi connectivity index (χ0v) is 10.9. The van der Waals surface area contributed by atoms with Crippen LogP contribution in [0.2, 0.25) is 0 Å². The maximum absolute atomic E-state index is 12.0. The Balaban J connectivity index is 1.99. The van der Waals surface area contributed by atoms with Gasteiger partial charge in [-0.2, -0.15) is 0 Å². The summed E-state index contributed by atoms with van der Waals surface area (Å²) in [5, 5.41) is 2.95. The van der Waals surface area contributed by atoms with Crippen LogP contribution in [0.3, 0.4) is 0 Å².